The normalized spacial score (nSPS) is 18.9. The Bertz CT molecular complexity index is 449. The second kappa shape index (κ2) is 2.81. The number of hydrogen-bond acceptors (Lipinski definition) is 3. The van der Waals surface area contributed by atoms with Crippen molar-refractivity contribution >= 4 is 25.8 Å². The average molecular weight is 265 g/mol. The molecular formula is C7H9BrN2O2S. The van der Waals surface area contributed by atoms with Crippen molar-refractivity contribution in [2.45, 2.75) is 25.0 Å². The van der Waals surface area contributed by atoms with Gasteiger partial charge >= 0.3 is 0 Å². The molecule has 0 aromatic carbocycles. The molecule has 0 amide bonds. The number of aromatic nitrogens is 2. The van der Waals surface area contributed by atoms with Crippen LogP contribution in [-0.4, -0.2) is 18.2 Å². The van der Waals surface area contributed by atoms with Crippen LogP contribution >= 0.6 is 15.9 Å². The van der Waals surface area contributed by atoms with E-state index in [4.69, 9.17) is 0 Å². The predicted molar refractivity (Wildman–Crippen MR) is 51.9 cm³/mol. The largest absolute Gasteiger partial charge is 0.267 e. The number of nitrogens with zero attached hydrogens (tertiary/aromatic N) is 2. The van der Waals surface area contributed by atoms with Crippen molar-refractivity contribution in [1.29, 1.82) is 0 Å². The lowest BCUT2D eigenvalue weighted by Crippen LogP contribution is -2.05. The van der Waals surface area contributed by atoms with Crippen LogP contribution in [0.5, 0.6) is 0 Å². The Labute approximate surface area is 85.0 Å². The highest BCUT2D eigenvalue weighted by Crippen LogP contribution is 2.30. The molecule has 0 atom stereocenters. The van der Waals surface area contributed by atoms with E-state index in [-0.39, 0.29) is 11.5 Å². The minimum absolute atomic E-state index is 0.128. The summed E-state index contributed by atoms with van der Waals surface area (Å²) in [5.41, 5.74) is 1.68. The van der Waals surface area contributed by atoms with Crippen molar-refractivity contribution in [3.05, 3.63) is 15.9 Å². The van der Waals surface area contributed by atoms with Gasteiger partial charge in [-0.25, -0.2) is 8.42 Å². The third-order valence-corrected chi connectivity index (χ3v) is 4.22. The van der Waals surface area contributed by atoms with Crippen LogP contribution in [-0.2, 0) is 27.9 Å². The van der Waals surface area contributed by atoms with Crippen molar-refractivity contribution in [2.24, 2.45) is 0 Å². The van der Waals surface area contributed by atoms with Crippen LogP contribution in [0, 0.1) is 0 Å². The van der Waals surface area contributed by atoms with Gasteiger partial charge in [-0.2, -0.15) is 5.10 Å². The Morgan fingerprint density at radius 2 is 2.23 bits per heavy atom. The van der Waals surface area contributed by atoms with E-state index in [0.717, 1.165) is 11.3 Å². The standard InChI is InChI=1S/C7H9BrN2O2S/c1-2-10-6-4-13(11,12)3-5(6)7(8)9-10/h2-4H2,1H3. The van der Waals surface area contributed by atoms with Crippen molar-refractivity contribution in [1.82, 2.24) is 9.78 Å². The Kier molecular flexibility index (Phi) is 1.99. The lowest BCUT2D eigenvalue weighted by Gasteiger charge is -1.98. The minimum atomic E-state index is -2.91. The second-order valence-corrected chi connectivity index (χ2v) is 5.88. The van der Waals surface area contributed by atoms with Crippen molar-refractivity contribution in [3.8, 4) is 0 Å². The van der Waals surface area contributed by atoms with Crippen LogP contribution in [0.3, 0.4) is 0 Å². The highest BCUT2D eigenvalue weighted by Gasteiger charge is 2.31. The van der Waals surface area contributed by atoms with Gasteiger partial charge in [0.1, 0.15) is 4.60 Å². The molecule has 4 nitrogen and oxygen atoms in total. The van der Waals surface area contributed by atoms with Gasteiger partial charge in [-0.05, 0) is 22.9 Å². The van der Waals surface area contributed by atoms with Gasteiger partial charge in [-0.1, -0.05) is 0 Å². The first-order valence-corrected chi connectivity index (χ1v) is 6.59. The molecule has 6 heteroatoms. The van der Waals surface area contributed by atoms with Gasteiger partial charge in [0, 0.05) is 12.1 Å². The number of halogens is 1. The number of hydrogen-bond donors (Lipinski definition) is 0. The highest BCUT2D eigenvalue weighted by atomic mass is 79.9. The monoisotopic (exact) mass is 264 g/mol. The molecule has 0 N–H and O–H groups in total. The van der Waals surface area contributed by atoms with Gasteiger partial charge in [0.15, 0.2) is 9.84 Å². The van der Waals surface area contributed by atoms with E-state index in [0.29, 0.717) is 11.1 Å². The summed E-state index contributed by atoms with van der Waals surface area (Å²) >= 11 is 3.26. The fourth-order valence-electron chi connectivity index (χ4n) is 1.55. The van der Waals surface area contributed by atoms with E-state index in [9.17, 15) is 8.42 Å². The quantitative estimate of drug-likeness (QED) is 0.763. The molecule has 13 heavy (non-hydrogen) atoms. The number of sulfone groups is 1. The van der Waals surface area contributed by atoms with E-state index in [2.05, 4.69) is 21.0 Å². The third-order valence-electron chi connectivity index (χ3n) is 2.14. The van der Waals surface area contributed by atoms with Gasteiger partial charge in [-0.15, -0.1) is 0 Å². The van der Waals surface area contributed by atoms with E-state index < -0.39 is 9.84 Å². The van der Waals surface area contributed by atoms with Gasteiger partial charge < -0.3 is 0 Å². The fraction of sp³-hybridized carbons (Fsp3) is 0.571. The van der Waals surface area contributed by atoms with E-state index in [1.165, 1.54) is 0 Å². The van der Waals surface area contributed by atoms with Crippen molar-refractivity contribution < 1.29 is 8.42 Å². The molecule has 0 spiro atoms. The summed E-state index contributed by atoms with van der Waals surface area (Å²) in [5.74, 6) is 0.262. The lowest BCUT2D eigenvalue weighted by atomic mass is 10.3. The molecular weight excluding hydrogens is 256 g/mol. The molecule has 0 radical (unpaired) electrons. The summed E-state index contributed by atoms with van der Waals surface area (Å²) in [7, 11) is -2.91. The van der Waals surface area contributed by atoms with Gasteiger partial charge in [0.05, 0.1) is 17.2 Å². The Balaban J connectivity index is 2.58. The van der Waals surface area contributed by atoms with E-state index >= 15 is 0 Å². The molecule has 1 aromatic heterocycles. The maximum absolute atomic E-state index is 11.3. The van der Waals surface area contributed by atoms with Gasteiger partial charge in [-0.3, -0.25) is 4.68 Å². The Morgan fingerprint density at radius 3 is 2.85 bits per heavy atom. The van der Waals surface area contributed by atoms with Crippen molar-refractivity contribution in [2.75, 3.05) is 0 Å². The van der Waals surface area contributed by atoms with Crippen molar-refractivity contribution in [3.63, 3.8) is 0 Å². The molecule has 0 saturated carbocycles. The minimum Gasteiger partial charge on any atom is -0.267 e. The molecule has 1 aliphatic heterocycles. The molecule has 0 fully saturated rings. The smallest absolute Gasteiger partial charge is 0.160 e. The highest BCUT2D eigenvalue weighted by molar-refractivity contribution is 9.10. The zero-order valence-electron chi connectivity index (χ0n) is 7.12. The molecule has 1 aromatic rings. The van der Waals surface area contributed by atoms with Gasteiger partial charge in [0.25, 0.3) is 0 Å². The first-order valence-electron chi connectivity index (χ1n) is 3.98. The third kappa shape index (κ3) is 1.42. The summed E-state index contributed by atoms with van der Waals surface area (Å²) in [4.78, 5) is 0. The summed E-state index contributed by atoms with van der Waals surface area (Å²) in [5, 5.41) is 4.19. The zero-order chi connectivity index (χ0) is 9.64. The van der Waals surface area contributed by atoms with Crippen LogP contribution in [0.4, 0.5) is 0 Å². The Hall–Kier alpha value is -0.360. The first-order chi connectivity index (χ1) is 6.03. The summed E-state index contributed by atoms with van der Waals surface area (Å²) in [6.07, 6.45) is 0. The van der Waals surface area contributed by atoms with Gasteiger partial charge in [0.2, 0.25) is 0 Å². The average Bonchev–Trinajstić information content (AvgIpc) is 2.47. The summed E-state index contributed by atoms with van der Waals surface area (Å²) in [6, 6.07) is 0. The van der Waals surface area contributed by atoms with Crippen LogP contribution in [0.1, 0.15) is 18.2 Å². The zero-order valence-corrected chi connectivity index (χ0v) is 9.52. The molecule has 0 bridgehead atoms. The molecule has 0 unspecified atom stereocenters. The van der Waals surface area contributed by atoms with Crippen LogP contribution in [0.25, 0.3) is 0 Å². The molecule has 0 saturated heterocycles. The predicted octanol–water partition coefficient (Wildman–Crippen LogP) is 1.09. The summed E-state index contributed by atoms with van der Waals surface area (Å²) in [6.45, 7) is 2.66. The fourth-order valence-corrected chi connectivity index (χ4v) is 3.88. The molecule has 2 rings (SSSR count). The summed E-state index contributed by atoms with van der Waals surface area (Å²) < 4.78 is 25.0. The number of aryl methyl sites for hydroxylation is 1. The first kappa shape index (κ1) is 9.21. The molecule has 72 valence electrons. The maximum Gasteiger partial charge on any atom is 0.160 e. The molecule has 1 aliphatic rings. The topological polar surface area (TPSA) is 52.0 Å². The SMILES string of the molecule is CCn1nc(Br)c2c1CS(=O)(=O)C2. The molecule has 0 aliphatic carbocycles. The molecule has 2 heterocycles. The number of rotatable bonds is 1. The van der Waals surface area contributed by atoms with E-state index in [1.54, 1.807) is 4.68 Å². The van der Waals surface area contributed by atoms with Crippen LogP contribution in [0.15, 0.2) is 4.60 Å². The maximum atomic E-state index is 11.3. The van der Waals surface area contributed by atoms with E-state index in [1.807, 2.05) is 6.92 Å². The number of fused-ring (bicyclic) bond motifs is 1. The van der Waals surface area contributed by atoms with Crippen LogP contribution in [0.2, 0.25) is 0 Å². The van der Waals surface area contributed by atoms with Crippen LogP contribution < -0.4 is 0 Å². The Morgan fingerprint density at radius 1 is 1.54 bits per heavy atom. The lowest BCUT2D eigenvalue weighted by molar-refractivity contribution is 0.590. The second-order valence-electron chi connectivity index (χ2n) is 3.06.